The van der Waals surface area contributed by atoms with E-state index in [9.17, 15) is 17.6 Å². The SMILES string of the molecule is NCc1cccc(S(=O)(=O)NCCCCO)c1.O=C(O)c1cnc(-c2cccc(F)c2)nc1. The second kappa shape index (κ2) is 12.7. The van der Waals surface area contributed by atoms with E-state index in [0.717, 1.165) is 5.56 Å². The quantitative estimate of drug-likeness (QED) is 0.343. The van der Waals surface area contributed by atoms with Gasteiger partial charge in [-0.3, -0.25) is 0 Å². The zero-order chi connectivity index (χ0) is 24.3. The molecule has 0 atom stereocenters. The lowest BCUT2D eigenvalue weighted by Crippen LogP contribution is -2.25. The molecule has 3 rings (SSSR count). The van der Waals surface area contributed by atoms with Crippen molar-refractivity contribution in [2.24, 2.45) is 5.73 Å². The summed E-state index contributed by atoms with van der Waals surface area (Å²) < 4.78 is 39.1. The van der Waals surface area contributed by atoms with Crippen molar-refractivity contribution in [3.05, 3.63) is 77.9 Å². The van der Waals surface area contributed by atoms with E-state index in [4.69, 9.17) is 15.9 Å². The van der Waals surface area contributed by atoms with Crippen LogP contribution in [0, 0.1) is 5.82 Å². The number of carboxylic acids is 1. The molecule has 0 unspecified atom stereocenters. The lowest BCUT2D eigenvalue weighted by Gasteiger charge is -2.07. The first kappa shape index (κ1) is 26.0. The summed E-state index contributed by atoms with van der Waals surface area (Å²) in [5, 5.41) is 17.2. The smallest absolute Gasteiger partial charge is 0.338 e. The number of aromatic carboxylic acids is 1. The minimum Gasteiger partial charge on any atom is -0.478 e. The van der Waals surface area contributed by atoms with Gasteiger partial charge in [0, 0.05) is 37.7 Å². The van der Waals surface area contributed by atoms with Gasteiger partial charge in [-0.25, -0.2) is 32.3 Å². The molecule has 0 aliphatic heterocycles. The van der Waals surface area contributed by atoms with Gasteiger partial charge in [-0.05, 0) is 42.7 Å². The van der Waals surface area contributed by atoms with Gasteiger partial charge in [0.2, 0.25) is 10.0 Å². The van der Waals surface area contributed by atoms with Gasteiger partial charge in [0.05, 0.1) is 10.5 Å². The van der Waals surface area contributed by atoms with Crippen molar-refractivity contribution in [3.63, 3.8) is 0 Å². The Hall–Kier alpha value is -3.25. The molecule has 1 aromatic heterocycles. The van der Waals surface area contributed by atoms with E-state index in [1.54, 1.807) is 30.3 Å². The topological polar surface area (TPSA) is 156 Å². The molecular formula is C22H25FN4O5S. The van der Waals surface area contributed by atoms with Crippen LogP contribution in [0.25, 0.3) is 11.4 Å². The van der Waals surface area contributed by atoms with E-state index in [2.05, 4.69) is 14.7 Å². The molecule has 0 bridgehead atoms. The Morgan fingerprint density at radius 1 is 1.06 bits per heavy atom. The first-order chi connectivity index (χ1) is 15.8. The summed E-state index contributed by atoms with van der Waals surface area (Å²) in [6.07, 6.45) is 3.59. The zero-order valence-electron chi connectivity index (χ0n) is 17.7. The number of sulfonamides is 1. The number of unbranched alkanes of at least 4 members (excludes halogenated alkanes) is 1. The number of aliphatic hydroxyl groups excluding tert-OH is 1. The molecule has 33 heavy (non-hydrogen) atoms. The summed E-state index contributed by atoms with van der Waals surface area (Å²) >= 11 is 0. The minimum atomic E-state index is -3.46. The molecule has 2 aromatic carbocycles. The molecule has 11 heteroatoms. The van der Waals surface area contributed by atoms with Crippen LogP contribution in [0.2, 0.25) is 0 Å². The standard InChI is InChI=1S/C11H7FN2O2.C11H18N2O3S/c12-9-3-1-2-7(4-9)10-13-5-8(6-14-10)11(15)16;12-9-10-4-3-5-11(8-10)17(15,16)13-6-1-2-7-14/h1-6H,(H,15,16);3-5,8,13-14H,1-2,6-7,9,12H2. The maximum atomic E-state index is 12.9. The molecule has 0 spiro atoms. The Balaban J connectivity index is 0.000000234. The number of rotatable bonds is 9. The molecule has 1 heterocycles. The van der Waals surface area contributed by atoms with E-state index in [-0.39, 0.29) is 22.9 Å². The van der Waals surface area contributed by atoms with Gasteiger partial charge in [-0.2, -0.15) is 0 Å². The van der Waals surface area contributed by atoms with Gasteiger partial charge < -0.3 is 15.9 Å². The van der Waals surface area contributed by atoms with Gasteiger partial charge in [-0.1, -0.05) is 24.3 Å². The zero-order valence-corrected chi connectivity index (χ0v) is 18.5. The van der Waals surface area contributed by atoms with E-state index >= 15 is 0 Å². The monoisotopic (exact) mass is 476 g/mol. The third kappa shape index (κ3) is 8.31. The average Bonchev–Trinajstić information content (AvgIpc) is 2.82. The predicted octanol–water partition coefficient (Wildman–Crippen LogP) is 2.18. The number of nitrogens with two attached hydrogens (primary N) is 1. The largest absolute Gasteiger partial charge is 0.478 e. The maximum Gasteiger partial charge on any atom is 0.338 e. The Kier molecular flexibility index (Phi) is 10.0. The average molecular weight is 477 g/mol. The number of aliphatic hydroxyl groups is 1. The van der Waals surface area contributed by atoms with Crippen LogP contribution in [-0.4, -0.2) is 47.7 Å². The van der Waals surface area contributed by atoms with Gasteiger partial charge in [0.1, 0.15) is 5.82 Å². The highest BCUT2D eigenvalue weighted by molar-refractivity contribution is 7.89. The number of nitrogens with one attached hydrogen (secondary N) is 1. The number of benzene rings is 2. The molecule has 5 N–H and O–H groups in total. The van der Waals surface area contributed by atoms with E-state index in [0.29, 0.717) is 37.3 Å². The third-order valence-electron chi connectivity index (χ3n) is 4.30. The summed E-state index contributed by atoms with van der Waals surface area (Å²) in [5.74, 6) is -1.18. The van der Waals surface area contributed by atoms with Crippen molar-refractivity contribution in [1.29, 1.82) is 0 Å². The summed E-state index contributed by atoms with van der Waals surface area (Å²) in [7, 11) is -3.46. The summed E-state index contributed by atoms with van der Waals surface area (Å²) in [6, 6.07) is 12.3. The summed E-state index contributed by atoms with van der Waals surface area (Å²) in [5.41, 5.74) is 6.75. The molecular weight excluding hydrogens is 451 g/mol. The van der Waals surface area contributed by atoms with Crippen LogP contribution in [0.5, 0.6) is 0 Å². The van der Waals surface area contributed by atoms with Crippen molar-refractivity contribution in [3.8, 4) is 11.4 Å². The van der Waals surface area contributed by atoms with Crippen LogP contribution in [0.3, 0.4) is 0 Å². The van der Waals surface area contributed by atoms with Crippen molar-refractivity contribution in [2.75, 3.05) is 13.2 Å². The Morgan fingerprint density at radius 2 is 1.76 bits per heavy atom. The number of hydrogen-bond acceptors (Lipinski definition) is 7. The van der Waals surface area contributed by atoms with Crippen molar-refractivity contribution in [1.82, 2.24) is 14.7 Å². The molecule has 0 saturated carbocycles. The maximum absolute atomic E-state index is 12.9. The fraction of sp³-hybridized carbons (Fsp3) is 0.227. The number of aromatic nitrogens is 2. The normalized spacial score (nSPS) is 10.9. The molecule has 0 saturated heterocycles. The van der Waals surface area contributed by atoms with E-state index in [1.807, 2.05) is 0 Å². The molecule has 0 amide bonds. The molecule has 0 aliphatic rings. The van der Waals surface area contributed by atoms with Crippen LogP contribution >= 0.6 is 0 Å². The number of halogens is 1. The first-order valence-electron chi connectivity index (χ1n) is 9.97. The van der Waals surface area contributed by atoms with Crippen LogP contribution in [0.15, 0.2) is 65.8 Å². The van der Waals surface area contributed by atoms with Crippen molar-refractivity contribution < 1.29 is 27.8 Å². The van der Waals surface area contributed by atoms with Crippen LogP contribution < -0.4 is 10.5 Å². The van der Waals surface area contributed by atoms with E-state index in [1.165, 1.54) is 30.6 Å². The Morgan fingerprint density at radius 3 is 2.36 bits per heavy atom. The van der Waals surface area contributed by atoms with Gasteiger partial charge >= 0.3 is 5.97 Å². The van der Waals surface area contributed by atoms with Gasteiger partial charge in [0.25, 0.3) is 0 Å². The highest BCUT2D eigenvalue weighted by atomic mass is 32.2. The van der Waals surface area contributed by atoms with Crippen LogP contribution in [0.1, 0.15) is 28.8 Å². The number of nitrogens with zero attached hydrogens (tertiary/aromatic N) is 2. The fourth-order valence-corrected chi connectivity index (χ4v) is 3.73. The molecule has 0 radical (unpaired) electrons. The second-order valence-corrected chi connectivity index (χ2v) is 8.56. The summed E-state index contributed by atoms with van der Waals surface area (Å²) in [4.78, 5) is 18.5. The predicted molar refractivity (Wildman–Crippen MR) is 120 cm³/mol. The van der Waals surface area contributed by atoms with Gasteiger partial charge in [0.15, 0.2) is 5.82 Å². The van der Waals surface area contributed by atoms with Crippen LogP contribution in [0.4, 0.5) is 4.39 Å². The molecule has 0 aliphatic carbocycles. The molecule has 9 nitrogen and oxygen atoms in total. The van der Waals surface area contributed by atoms with Crippen LogP contribution in [-0.2, 0) is 16.6 Å². The molecule has 176 valence electrons. The highest BCUT2D eigenvalue weighted by Crippen LogP contribution is 2.15. The number of carbonyl (C=O) groups is 1. The Bertz CT molecular complexity index is 1160. The lowest BCUT2D eigenvalue weighted by molar-refractivity contribution is 0.0696. The van der Waals surface area contributed by atoms with Crippen molar-refractivity contribution >= 4 is 16.0 Å². The van der Waals surface area contributed by atoms with E-state index < -0.39 is 16.0 Å². The molecule has 3 aromatic rings. The lowest BCUT2D eigenvalue weighted by atomic mass is 10.2. The number of carboxylic acid groups (broad SMARTS) is 1. The van der Waals surface area contributed by atoms with Gasteiger partial charge in [-0.15, -0.1) is 0 Å². The fourth-order valence-electron chi connectivity index (χ4n) is 2.58. The Labute approximate surface area is 191 Å². The first-order valence-corrected chi connectivity index (χ1v) is 11.5. The third-order valence-corrected chi connectivity index (χ3v) is 5.76. The van der Waals surface area contributed by atoms with Crippen molar-refractivity contribution in [2.45, 2.75) is 24.3 Å². The number of hydrogen-bond donors (Lipinski definition) is 4. The highest BCUT2D eigenvalue weighted by Gasteiger charge is 2.13. The second-order valence-electron chi connectivity index (χ2n) is 6.79. The minimum absolute atomic E-state index is 0.000142. The summed E-state index contributed by atoms with van der Waals surface area (Å²) in [6.45, 7) is 0.716. The molecule has 0 fully saturated rings.